The van der Waals surface area contributed by atoms with E-state index in [1.165, 1.54) is 5.56 Å². The molecule has 0 aliphatic heterocycles. The maximum Gasteiger partial charge on any atom is 0.251 e. The van der Waals surface area contributed by atoms with Crippen LogP contribution in [0.3, 0.4) is 0 Å². The lowest BCUT2D eigenvalue weighted by Gasteiger charge is -2.22. The van der Waals surface area contributed by atoms with Gasteiger partial charge in [0.25, 0.3) is 5.91 Å². The Bertz CT molecular complexity index is 661. The zero-order chi connectivity index (χ0) is 16.8. The standard InChI is InChI=1S/C19H25N3O.ClH/c1-14-9-10-17(20)11-18(14)19(23)21-15(2)12-22(3)13-16-7-5-4-6-8-16;/h4-11,15H,12-13,20H2,1-3H3,(H,21,23);1H. The van der Waals surface area contributed by atoms with Crippen LogP contribution < -0.4 is 11.1 Å². The third-order valence-corrected chi connectivity index (χ3v) is 3.76. The maximum absolute atomic E-state index is 12.4. The predicted octanol–water partition coefficient (Wildman–Crippen LogP) is 3.25. The van der Waals surface area contributed by atoms with Crippen LogP contribution in [0.5, 0.6) is 0 Å². The summed E-state index contributed by atoms with van der Waals surface area (Å²) < 4.78 is 0. The van der Waals surface area contributed by atoms with Gasteiger partial charge in [-0.1, -0.05) is 36.4 Å². The topological polar surface area (TPSA) is 58.4 Å². The summed E-state index contributed by atoms with van der Waals surface area (Å²) in [7, 11) is 2.06. The van der Waals surface area contributed by atoms with E-state index in [9.17, 15) is 4.79 Å². The van der Waals surface area contributed by atoms with Crippen molar-refractivity contribution < 1.29 is 4.79 Å². The first kappa shape index (κ1) is 20.0. The number of halogens is 1. The number of benzene rings is 2. The van der Waals surface area contributed by atoms with Crippen LogP contribution in [0, 0.1) is 6.92 Å². The summed E-state index contributed by atoms with van der Waals surface area (Å²) >= 11 is 0. The third-order valence-electron chi connectivity index (χ3n) is 3.76. The van der Waals surface area contributed by atoms with E-state index >= 15 is 0 Å². The fourth-order valence-corrected chi connectivity index (χ4v) is 2.66. The Balaban J connectivity index is 0.00000288. The molecule has 1 atom stereocenters. The van der Waals surface area contributed by atoms with Crippen LogP contribution in [0.1, 0.15) is 28.4 Å². The number of likely N-dealkylation sites (N-methyl/N-ethyl adjacent to an activating group) is 1. The molecule has 1 unspecified atom stereocenters. The van der Waals surface area contributed by atoms with Crippen molar-refractivity contribution in [3.8, 4) is 0 Å². The van der Waals surface area contributed by atoms with E-state index in [4.69, 9.17) is 5.73 Å². The highest BCUT2D eigenvalue weighted by Gasteiger charge is 2.14. The highest BCUT2D eigenvalue weighted by Crippen LogP contribution is 2.13. The Labute approximate surface area is 150 Å². The second-order valence-electron chi connectivity index (χ2n) is 6.13. The minimum Gasteiger partial charge on any atom is -0.399 e. The fourth-order valence-electron chi connectivity index (χ4n) is 2.66. The molecule has 24 heavy (non-hydrogen) atoms. The molecule has 0 spiro atoms. The lowest BCUT2D eigenvalue weighted by molar-refractivity contribution is 0.0931. The largest absolute Gasteiger partial charge is 0.399 e. The van der Waals surface area contributed by atoms with Gasteiger partial charge in [-0.05, 0) is 44.2 Å². The van der Waals surface area contributed by atoms with Gasteiger partial charge in [-0.2, -0.15) is 0 Å². The number of nitrogens with two attached hydrogens (primary N) is 1. The molecule has 0 aliphatic carbocycles. The normalized spacial score (nSPS) is 11.7. The van der Waals surface area contributed by atoms with Gasteiger partial charge in [0, 0.05) is 30.4 Å². The van der Waals surface area contributed by atoms with E-state index in [0.717, 1.165) is 18.7 Å². The monoisotopic (exact) mass is 347 g/mol. The van der Waals surface area contributed by atoms with Crippen molar-refractivity contribution in [3.05, 3.63) is 65.2 Å². The molecule has 3 N–H and O–H groups in total. The molecule has 0 aromatic heterocycles. The van der Waals surface area contributed by atoms with E-state index in [2.05, 4.69) is 29.4 Å². The molecular formula is C19H26ClN3O. The minimum absolute atomic E-state index is 0. The summed E-state index contributed by atoms with van der Waals surface area (Å²) in [6.45, 7) is 5.57. The average molecular weight is 348 g/mol. The molecule has 5 heteroatoms. The summed E-state index contributed by atoms with van der Waals surface area (Å²) in [6, 6.07) is 15.8. The van der Waals surface area contributed by atoms with Crippen molar-refractivity contribution in [2.45, 2.75) is 26.4 Å². The smallest absolute Gasteiger partial charge is 0.251 e. The molecule has 0 radical (unpaired) electrons. The van der Waals surface area contributed by atoms with Crippen LogP contribution in [0.4, 0.5) is 5.69 Å². The molecule has 130 valence electrons. The SMILES string of the molecule is Cc1ccc(N)cc1C(=O)NC(C)CN(C)Cc1ccccc1.Cl. The Morgan fingerprint density at radius 2 is 1.88 bits per heavy atom. The highest BCUT2D eigenvalue weighted by molar-refractivity contribution is 5.96. The Morgan fingerprint density at radius 1 is 1.21 bits per heavy atom. The molecule has 0 aliphatic rings. The van der Waals surface area contributed by atoms with Crippen LogP contribution in [0.2, 0.25) is 0 Å². The van der Waals surface area contributed by atoms with Gasteiger partial charge in [0.05, 0.1) is 0 Å². The zero-order valence-electron chi connectivity index (χ0n) is 14.5. The third kappa shape index (κ3) is 5.87. The number of aryl methyl sites for hydroxylation is 1. The number of anilines is 1. The van der Waals surface area contributed by atoms with Gasteiger partial charge in [-0.15, -0.1) is 12.4 Å². The summed E-state index contributed by atoms with van der Waals surface area (Å²) in [4.78, 5) is 14.6. The highest BCUT2D eigenvalue weighted by atomic mass is 35.5. The molecule has 0 saturated heterocycles. The molecule has 2 aromatic carbocycles. The Hall–Kier alpha value is -2.04. The van der Waals surface area contributed by atoms with E-state index in [1.807, 2.05) is 44.2 Å². The number of rotatable bonds is 6. The maximum atomic E-state index is 12.4. The second kappa shape index (κ2) is 9.30. The molecular weight excluding hydrogens is 322 g/mol. The van der Waals surface area contributed by atoms with Gasteiger partial charge in [-0.25, -0.2) is 0 Å². The van der Waals surface area contributed by atoms with Gasteiger partial charge >= 0.3 is 0 Å². The van der Waals surface area contributed by atoms with Crippen molar-refractivity contribution in [3.63, 3.8) is 0 Å². The minimum atomic E-state index is -0.0737. The molecule has 2 aromatic rings. The average Bonchev–Trinajstić information content (AvgIpc) is 2.50. The molecule has 4 nitrogen and oxygen atoms in total. The lowest BCUT2D eigenvalue weighted by atomic mass is 10.1. The first-order chi connectivity index (χ1) is 11.0. The number of hydrogen-bond donors (Lipinski definition) is 2. The number of amides is 1. The molecule has 0 heterocycles. The Morgan fingerprint density at radius 3 is 2.54 bits per heavy atom. The number of nitrogens with zero attached hydrogens (tertiary/aromatic N) is 1. The van der Waals surface area contributed by atoms with Crippen molar-refractivity contribution in [2.24, 2.45) is 0 Å². The van der Waals surface area contributed by atoms with Gasteiger partial charge in [0.1, 0.15) is 0 Å². The first-order valence-electron chi connectivity index (χ1n) is 7.85. The van der Waals surface area contributed by atoms with Crippen LogP contribution >= 0.6 is 12.4 Å². The van der Waals surface area contributed by atoms with E-state index in [0.29, 0.717) is 11.3 Å². The van der Waals surface area contributed by atoms with Crippen molar-refractivity contribution in [1.82, 2.24) is 10.2 Å². The summed E-state index contributed by atoms with van der Waals surface area (Å²) in [6.07, 6.45) is 0. The van der Waals surface area contributed by atoms with Crippen molar-refractivity contribution in [1.29, 1.82) is 0 Å². The second-order valence-corrected chi connectivity index (χ2v) is 6.13. The fraction of sp³-hybridized carbons (Fsp3) is 0.316. The van der Waals surface area contributed by atoms with E-state index < -0.39 is 0 Å². The van der Waals surface area contributed by atoms with Gasteiger partial charge in [0.2, 0.25) is 0 Å². The predicted molar refractivity (Wildman–Crippen MR) is 103 cm³/mol. The van der Waals surface area contributed by atoms with Crippen LogP contribution in [-0.4, -0.2) is 30.4 Å². The molecule has 2 rings (SSSR count). The van der Waals surface area contributed by atoms with Gasteiger partial charge < -0.3 is 16.0 Å². The number of nitrogens with one attached hydrogen (secondary N) is 1. The van der Waals surface area contributed by atoms with Crippen LogP contribution in [0.15, 0.2) is 48.5 Å². The molecule has 0 saturated carbocycles. The summed E-state index contributed by atoms with van der Waals surface area (Å²) in [5, 5.41) is 3.04. The van der Waals surface area contributed by atoms with Gasteiger partial charge in [-0.3, -0.25) is 4.79 Å². The molecule has 0 fully saturated rings. The zero-order valence-corrected chi connectivity index (χ0v) is 15.3. The van der Waals surface area contributed by atoms with Gasteiger partial charge in [0.15, 0.2) is 0 Å². The summed E-state index contributed by atoms with van der Waals surface area (Å²) in [5.41, 5.74) is 9.22. The van der Waals surface area contributed by atoms with Crippen LogP contribution in [0.25, 0.3) is 0 Å². The Kier molecular flexibility index (Phi) is 7.75. The number of hydrogen-bond acceptors (Lipinski definition) is 3. The van der Waals surface area contributed by atoms with Crippen molar-refractivity contribution in [2.75, 3.05) is 19.3 Å². The van der Waals surface area contributed by atoms with Crippen molar-refractivity contribution >= 4 is 24.0 Å². The lowest BCUT2D eigenvalue weighted by Crippen LogP contribution is -2.40. The molecule has 0 bridgehead atoms. The summed E-state index contributed by atoms with van der Waals surface area (Å²) in [5.74, 6) is -0.0737. The number of nitrogen functional groups attached to an aromatic ring is 1. The quantitative estimate of drug-likeness (QED) is 0.788. The molecule has 1 amide bonds. The number of carbonyl (C=O) groups excluding carboxylic acids is 1. The van der Waals surface area contributed by atoms with Crippen LogP contribution in [-0.2, 0) is 6.54 Å². The van der Waals surface area contributed by atoms with E-state index in [1.54, 1.807) is 6.07 Å². The first-order valence-corrected chi connectivity index (χ1v) is 7.85. The number of carbonyl (C=O) groups is 1. The van der Waals surface area contributed by atoms with E-state index in [-0.39, 0.29) is 24.4 Å².